The lowest BCUT2D eigenvalue weighted by atomic mass is 9.92. The van der Waals surface area contributed by atoms with Crippen molar-refractivity contribution in [3.8, 4) is 11.3 Å². The van der Waals surface area contributed by atoms with Crippen LogP contribution >= 0.6 is 0 Å². The van der Waals surface area contributed by atoms with Crippen LogP contribution in [0.1, 0.15) is 36.0 Å². The number of benzene rings is 1. The molecule has 1 aliphatic rings. The van der Waals surface area contributed by atoms with E-state index in [1.807, 2.05) is 42.5 Å². The van der Waals surface area contributed by atoms with Crippen LogP contribution in [0.5, 0.6) is 0 Å². The van der Waals surface area contributed by atoms with Gasteiger partial charge in [0.05, 0.1) is 28.9 Å². The Balaban J connectivity index is 1.74. The first-order valence-corrected chi connectivity index (χ1v) is 9.01. The lowest BCUT2D eigenvalue weighted by molar-refractivity contribution is 0.0718. The van der Waals surface area contributed by atoms with Gasteiger partial charge in [-0.05, 0) is 37.1 Å². The molecule has 2 aromatic heterocycles. The Kier molecular flexibility index (Phi) is 4.63. The van der Waals surface area contributed by atoms with E-state index in [9.17, 15) is 9.90 Å². The molecular weight excluding hydrogens is 326 g/mol. The Labute approximate surface area is 152 Å². The van der Waals surface area contributed by atoms with Crippen LogP contribution in [0.4, 0.5) is 0 Å². The van der Waals surface area contributed by atoms with E-state index in [2.05, 4.69) is 15.3 Å². The van der Waals surface area contributed by atoms with Gasteiger partial charge in [0.1, 0.15) is 0 Å². The fraction of sp³-hybridized carbons (Fsp3) is 0.286. The summed E-state index contributed by atoms with van der Waals surface area (Å²) in [5.74, 6) is -0.167. The summed E-state index contributed by atoms with van der Waals surface area (Å²) in [6.07, 6.45) is 6.57. The maximum atomic E-state index is 13.0. The normalized spacial score (nSPS) is 20.0. The first kappa shape index (κ1) is 16.7. The SMILES string of the molecule is O=C(NC1CCCCC1O)c1cc(-c2cccnc2)nc2ccccc12. The van der Waals surface area contributed by atoms with Crippen LogP contribution in [-0.4, -0.2) is 33.1 Å². The number of pyridine rings is 2. The molecule has 132 valence electrons. The maximum Gasteiger partial charge on any atom is 0.252 e. The van der Waals surface area contributed by atoms with Gasteiger partial charge in [-0.2, -0.15) is 0 Å². The van der Waals surface area contributed by atoms with E-state index in [1.54, 1.807) is 12.4 Å². The van der Waals surface area contributed by atoms with Crippen molar-refractivity contribution in [2.45, 2.75) is 37.8 Å². The van der Waals surface area contributed by atoms with E-state index in [1.165, 1.54) is 0 Å². The third-order valence-corrected chi connectivity index (χ3v) is 4.96. The average Bonchev–Trinajstić information content (AvgIpc) is 2.69. The van der Waals surface area contributed by atoms with Crippen LogP contribution in [0, 0.1) is 0 Å². The van der Waals surface area contributed by atoms with E-state index in [4.69, 9.17) is 0 Å². The highest BCUT2D eigenvalue weighted by molar-refractivity contribution is 6.07. The predicted octanol–water partition coefficient (Wildman–Crippen LogP) is 3.33. The largest absolute Gasteiger partial charge is 0.391 e. The summed E-state index contributed by atoms with van der Waals surface area (Å²) in [5, 5.41) is 14.0. The number of carbonyl (C=O) groups excluding carboxylic acids is 1. The monoisotopic (exact) mass is 347 g/mol. The number of para-hydroxylation sites is 1. The molecule has 3 aromatic rings. The van der Waals surface area contributed by atoms with Crippen LogP contribution in [0.15, 0.2) is 54.9 Å². The van der Waals surface area contributed by atoms with Crippen LogP contribution in [0.2, 0.25) is 0 Å². The number of hydrogen-bond donors (Lipinski definition) is 2. The molecule has 2 atom stereocenters. The predicted molar refractivity (Wildman–Crippen MR) is 101 cm³/mol. The number of fused-ring (bicyclic) bond motifs is 1. The lowest BCUT2D eigenvalue weighted by Crippen LogP contribution is -2.45. The molecule has 4 rings (SSSR count). The van der Waals surface area contributed by atoms with Crippen molar-refractivity contribution >= 4 is 16.8 Å². The van der Waals surface area contributed by atoms with E-state index in [-0.39, 0.29) is 11.9 Å². The van der Waals surface area contributed by atoms with Crippen molar-refractivity contribution in [3.05, 3.63) is 60.4 Å². The summed E-state index contributed by atoms with van der Waals surface area (Å²) in [7, 11) is 0. The Bertz CT molecular complexity index is 927. The van der Waals surface area contributed by atoms with Gasteiger partial charge in [0.2, 0.25) is 0 Å². The van der Waals surface area contributed by atoms with Crippen molar-refractivity contribution in [2.24, 2.45) is 0 Å². The number of amides is 1. The molecule has 0 saturated heterocycles. The molecule has 2 unspecified atom stereocenters. The number of aromatic nitrogens is 2. The molecule has 1 aliphatic carbocycles. The number of nitrogens with one attached hydrogen (secondary N) is 1. The summed E-state index contributed by atoms with van der Waals surface area (Å²) in [4.78, 5) is 21.8. The minimum absolute atomic E-state index is 0.167. The van der Waals surface area contributed by atoms with Crippen LogP contribution in [0.25, 0.3) is 22.2 Å². The molecule has 2 N–H and O–H groups in total. The number of aliphatic hydroxyl groups excluding tert-OH is 1. The van der Waals surface area contributed by atoms with Gasteiger partial charge in [0, 0.05) is 23.3 Å². The summed E-state index contributed by atoms with van der Waals surface area (Å²) in [6, 6.07) is 13.0. The molecule has 0 aliphatic heterocycles. The first-order chi connectivity index (χ1) is 12.7. The van der Waals surface area contributed by atoms with Gasteiger partial charge in [-0.15, -0.1) is 0 Å². The third-order valence-electron chi connectivity index (χ3n) is 4.96. The molecular formula is C21H21N3O2. The van der Waals surface area contributed by atoms with Gasteiger partial charge in [0.15, 0.2) is 0 Å². The zero-order valence-electron chi connectivity index (χ0n) is 14.4. The Morgan fingerprint density at radius 1 is 1.12 bits per heavy atom. The lowest BCUT2D eigenvalue weighted by Gasteiger charge is -2.28. The summed E-state index contributed by atoms with van der Waals surface area (Å²) >= 11 is 0. The fourth-order valence-electron chi connectivity index (χ4n) is 3.55. The second-order valence-electron chi connectivity index (χ2n) is 6.75. The van der Waals surface area contributed by atoms with Crippen molar-refractivity contribution < 1.29 is 9.90 Å². The smallest absolute Gasteiger partial charge is 0.252 e. The zero-order chi connectivity index (χ0) is 17.9. The molecule has 2 heterocycles. The van der Waals surface area contributed by atoms with Gasteiger partial charge in [0.25, 0.3) is 5.91 Å². The molecule has 1 fully saturated rings. The van der Waals surface area contributed by atoms with E-state index >= 15 is 0 Å². The first-order valence-electron chi connectivity index (χ1n) is 9.01. The molecule has 5 nitrogen and oxygen atoms in total. The number of hydrogen-bond acceptors (Lipinski definition) is 4. The molecule has 0 radical (unpaired) electrons. The highest BCUT2D eigenvalue weighted by Gasteiger charge is 2.25. The number of nitrogens with zero attached hydrogens (tertiary/aromatic N) is 2. The highest BCUT2D eigenvalue weighted by atomic mass is 16.3. The van der Waals surface area contributed by atoms with Gasteiger partial charge in [-0.25, -0.2) is 4.98 Å². The minimum Gasteiger partial charge on any atom is -0.391 e. The fourth-order valence-corrected chi connectivity index (χ4v) is 3.55. The Hall–Kier alpha value is -2.79. The zero-order valence-corrected chi connectivity index (χ0v) is 14.4. The topological polar surface area (TPSA) is 75.1 Å². The van der Waals surface area contributed by atoms with Gasteiger partial charge in [-0.3, -0.25) is 9.78 Å². The van der Waals surface area contributed by atoms with Gasteiger partial charge >= 0.3 is 0 Å². The molecule has 1 amide bonds. The second kappa shape index (κ2) is 7.22. The Morgan fingerprint density at radius 3 is 2.77 bits per heavy atom. The molecule has 26 heavy (non-hydrogen) atoms. The second-order valence-corrected chi connectivity index (χ2v) is 6.75. The van der Waals surface area contributed by atoms with E-state index in [0.717, 1.165) is 42.1 Å². The van der Waals surface area contributed by atoms with Crippen LogP contribution in [0.3, 0.4) is 0 Å². The molecule has 1 aromatic carbocycles. The summed E-state index contributed by atoms with van der Waals surface area (Å²) in [5.41, 5.74) is 2.92. The summed E-state index contributed by atoms with van der Waals surface area (Å²) in [6.45, 7) is 0. The highest BCUT2D eigenvalue weighted by Crippen LogP contribution is 2.25. The minimum atomic E-state index is -0.474. The van der Waals surface area contributed by atoms with Crippen molar-refractivity contribution in [2.75, 3.05) is 0 Å². The molecule has 0 bridgehead atoms. The average molecular weight is 347 g/mol. The van der Waals surface area contributed by atoms with E-state index in [0.29, 0.717) is 11.3 Å². The maximum absolute atomic E-state index is 13.0. The van der Waals surface area contributed by atoms with Gasteiger partial charge < -0.3 is 10.4 Å². The Morgan fingerprint density at radius 2 is 1.96 bits per heavy atom. The van der Waals surface area contributed by atoms with Crippen LogP contribution in [-0.2, 0) is 0 Å². The van der Waals surface area contributed by atoms with Crippen molar-refractivity contribution in [1.29, 1.82) is 0 Å². The summed E-state index contributed by atoms with van der Waals surface area (Å²) < 4.78 is 0. The van der Waals surface area contributed by atoms with Crippen molar-refractivity contribution in [1.82, 2.24) is 15.3 Å². The molecule has 5 heteroatoms. The molecule has 0 spiro atoms. The number of aliphatic hydroxyl groups is 1. The number of rotatable bonds is 3. The standard InChI is InChI=1S/C21H21N3O2/c25-20-10-4-3-9-18(20)24-21(26)16-12-19(14-6-5-11-22-13-14)23-17-8-2-1-7-15(16)17/h1-2,5-8,11-13,18,20,25H,3-4,9-10H2,(H,24,26). The molecule has 1 saturated carbocycles. The third kappa shape index (κ3) is 3.30. The van der Waals surface area contributed by atoms with E-state index < -0.39 is 6.10 Å². The van der Waals surface area contributed by atoms with Crippen LogP contribution < -0.4 is 5.32 Å². The quantitative estimate of drug-likeness (QED) is 0.762. The van der Waals surface area contributed by atoms with Crippen molar-refractivity contribution in [3.63, 3.8) is 0 Å². The number of carbonyl (C=O) groups is 1. The van der Waals surface area contributed by atoms with Gasteiger partial charge in [-0.1, -0.05) is 31.0 Å².